The molecule has 8 heteroatoms. The van der Waals surface area contributed by atoms with Gasteiger partial charge in [0.2, 0.25) is 0 Å². The Hall–Kier alpha value is -1.22. The Balaban J connectivity index is 2.18. The lowest BCUT2D eigenvalue weighted by molar-refractivity contribution is -0.0858. The van der Waals surface area contributed by atoms with E-state index in [1.807, 2.05) is 0 Å². The smallest absolute Gasteiger partial charge is 0.324 e. The van der Waals surface area contributed by atoms with Crippen LogP contribution in [0.5, 0.6) is 0 Å². The van der Waals surface area contributed by atoms with Gasteiger partial charge in [-0.1, -0.05) is 13.8 Å². The molecule has 2 amide bonds. The van der Waals surface area contributed by atoms with E-state index >= 15 is 0 Å². The largest absolute Gasteiger partial charge is 0.394 e. The molecule has 5 N–H and O–H groups in total. The maximum atomic E-state index is 11.9. The summed E-state index contributed by atoms with van der Waals surface area (Å²) < 4.78 is 5.32. The first-order valence-corrected chi connectivity index (χ1v) is 6.07. The van der Waals surface area contributed by atoms with Crippen LogP contribution in [0.3, 0.4) is 0 Å². The van der Waals surface area contributed by atoms with E-state index < -0.39 is 42.6 Å². The number of carbonyl (C=O) groups excluding carboxylic acids is 1. The number of rotatable bonds is 2. The maximum absolute atomic E-state index is 11.9. The van der Waals surface area contributed by atoms with Crippen LogP contribution >= 0.6 is 0 Å². The third-order valence-electron chi connectivity index (χ3n) is 3.56. The molecule has 8 nitrogen and oxygen atoms in total. The molecule has 0 bridgehead atoms. The van der Waals surface area contributed by atoms with Gasteiger partial charge in [-0.2, -0.15) is 0 Å². The average molecular weight is 273 g/mol. The second-order valence-corrected chi connectivity index (χ2v) is 5.55. The van der Waals surface area contributed by atoms with E-state index in [0.717, 1.165) is 0 Å². The third-order valence-corrected chi connectivity index (χ3v) is 3.56. The molecule has 0 aromatic carbocycles. The monoisotopic (exact) mass is 273 g/mol. The lowest BCUT2D eigenvalue weighted by Crippen LogP contribution is -2.62. The van der Waals surface area contributed by atoms with Crippen molar-refractivity contribution in [1.82, 2.24) is 10.2 Å². The zero-order chi connectivity index (χ0) is 14.4. The summed E-state index contributed by atoms with van der Waals surface area (Å²) >= 11 is 0. The first kappa shape index (κ1) is 14.2. The number of hydrogen-bond acceptors (Lipinski definition) is 6. The topological polar surface area (TPSA) is 126 Å². The Morgan fingerprint density at radius 1 is 1.47 bits per heavy atom. The average Bonchev–Trinajstić information content (AvgIpc) is 2.61. The molecule has 2 aliphatic heterocycles. The number of amides is 2. The molecule has 0 aromatic heterocycles. The van der Waals surface area contributed by atoms with E-state index in [-0.39, 0.29) is 12.4 Å². The second kappa shape index (κ2) is 4.71. The highest BCUT2D eigenvalue weighted by atomic mass is 16.6. The zero-order valence-corrected chi connectivity index (χ0v) is 10.8. The van der Waals surface area contributed by atoms with Crippen LogP contribution in [0, 0.1) is 10.8 Å². The van der Waals surface area contributed by atoms with Crippen molar-refractivity contribution in [3.8, 4) is 0 Å². The van der Waals surface area contributed by atoms with Gasteiger partial charge in [-0.3, -0.25) is 15.6 Å². The van der Waals surface area contributed by atoms with Crippen molar-refractivity contribution in [2.75, 3.05) is 13.2 Å². The summed E-state index contributed by atoms with van der Waals surface area (Å²) in [5.41, 5.74) is -0.598. The van der Waals surface area contributed by atoms with Crippen LogP contribution in [0.15, 0.2) is 0 Å². The van der Waals surface area contributed by atoms with Gasteiger partial charge in [0.1, 0.15) is 24.1 Å². The van der Waals surface area contributed by atoms with Crippen LogP contribution in [-0.2, 0) is 4.74 Å². The van der Waals surface area contributed by atoms with Crippen LogP contribution in [0.1, 0.15) is 13.8 Å². The van der Waals surface area contributed by atoms with E-state index in [1.165, 1.54) is 4.90 Å². The molecule has 2 saturated heterocycles. The predicted molar refractivity (Wildman–Crippen MR) is 64.5 cm³/mol. The molecule has 4 atom stereocenters. The number of aliphatic hydroxyl groups is 3. The minimum absolute atomic E-state index is 0.0977. The standard InChI is InChI=1S/C11H19N3O5/c1-11(2)4-14(10(18)13-9(11)12)8-7(17)6(16)5(3-15)19-8/h5-8,15-17H,3-4H2,1-2H3,(H2,12,13,18)/t5-,6-,7-,8-/m1/s1. The highest BCUT2D eigenvalue weighted by Gasteiger charge is 2.49. The van der Waals surface area contributed by atoms with Crippen molar-refractivity contribution in [2.45, 2.75) is 38.4 Å². The Bertz CT molecular complexity index is 400. The number of amidine groups is 1. The van der Waals surface area contributed by atoms with E-state index in [4.69, 9.17) is 15.3 Å². The number of nitrogens with one attached hydrogen (secondary N) is 2. The Labute approximate surface area is 110 Å². The van der Waals surface area contributed by atoms with Gasteiger partial charge >= 0.3 is 6.03 Å². The fourth-order valence-corrected chi connectivity index (χ4v) is 2.27. The van der Waals surface area contributed by atoms with Crippen molar-refractivity contribution in [2.24, 2.45) is 5.41 Å². The molecule has 0 aliphatic carbocycles. The van der Waals surface area contributed by atoms with Gasteiger partial charge in [-0.15, -0.1) is 0 Å². The minimum atomic E-state index is -1.29. The molecule has 0 aromatic rings. The normalized spacial score (nSPS) is 38.5. The SMILES string of the molecule is CC1(C)CN([C@@H]2O[C@H](CO)[C@@H](O)[C@H]2O)C(=O)NC1=N. The molecule has 0 spiro atoms. The number of nitrogens with zero attached hydrogens (tertiary/aromatic N) is 1. The fourth-order valence-electron chi connectivity index (χ4n) is 2.27. The van der Waals surface area contributed by atoms with Gasteiger partial charge in [0.05, 0.1) is 6.61 Å². The molecular weight excluding hydrogens is 254 g/mol. The molecular formula is C11H19N3O5. The molecule has 0 unspecified atom stereocenters. The van der Waals surface area contributed by atoms with Gasteiger partial charge in [-0.05, 0) is 0 Å². The Morgan fingerprint density at radius 3 is 2.63 bits per heavy atom. The summed E-state index contributed by atoms with van der Waals surface area (Å²) in [7, 11) is 0. The lowest BCUT2D eigenvalue weighted by atomic mass is 9.89. The molecule has 0 radical (unpaired) electrons. The molecule has 108 valence electrons. The molecule has 2 fully saturated rings. The fraction of sp³-hybridized carbons (Fsp3) is 0.818. The predicted octanol–water partition coefficient (Wildman–Crippen LogP) is -1.55. The second-order valence-electron chi connectivity index (χ2n) is 5.55. The van der Waals surface area contributed by atoms with Gasteiger partial charge in [-0.25, -0.2) is 4.79 Å². The number of ether oxygens (including phenoxy) is 1. The van der Waals surface area contributed by atoms with Crippen LogP contribution < -0.4 is 5.32 Å². The van der Waals surface area contributed by atoms with E-state index in [2.05, 4.69) is 5.32 Å². The number of carbonyl (C=O) groups is 1. The minimum Gasteiger partial charge on any atom is -0.394 e. The number of urea groups is 1. The van der Waals surface area contributed by atoms with Gasteiger partial charge < -0.3 is 20.1 Å². The molecule has 19 heavy (non-hydrogen) atoms. The highest BCUT2D eigenvalue weighted by molar-refractivity contribution is 6.01. The molecule has 0 saturated carbocycles. The van der Waals surface area contributed by atoms with Crippen LogP contribution in [0.2, 0.25) is 0 Å². The van der Waals surface area contributed by atoms with Crippen molar-refractivity contribution < 1.29 is 24.9 Å². The highest BCUT2D eigenvalue weighted by Crippen LogP contribution is 2.29. The van der Waals surface area contributed by atoms with Crippen LogP contribution in [0.25, 0.3) is 0 Å². The van der Waals surface area contributed by atoms with E-state index in [1.54, 1.807) is 13.8 Å². The molecule has 2 heterocycles. The van der Waals surface area contributed by atoms with E-state index in [0.29, 0.717) is 0 Å². The lowest BCUT2D eigenvalue weighted by Gasteiger charge is -2.41. The summed E-state index contributed by atoms with van der Waals surface area (Å²) in [6.07, 6.45) is -4.48. The van der Waals surface area contributed by atoms with Crippen molar-refractivity contribution in [3.63, 3.8) is 0 Å². The summed E-state index contributed by atoms with van der Waals surface area (Å²) in [5.74, 6) is 0.0977. The van der Waals surface area contributed by atoms with Gasteiger partial charge in [0.25, 0.3) is 0 Å². The Morgan fingerprint density at radius 2 is 2.11 bits per heavy atom. The van der Waals surface area contributed by atoms with Crippen LogP contribution in [0.4, 0.5) is 4.79 Å². The van der Waals surface area contributed by atoms with Crippen LogP contribution in [-0.4, -0.2) is 69.8 Å². The van der Waals surface area contributed by atoms with E-state index in [9.17, 15) is 15.0 Å². The molecule has 2 aliphatic rings. The van der Waals surface area contributed by atoms with Crippen molar-refractivity contribution in [1.29, 1.82) is 5.41 Å². The first-order chi connectivity index (χ1) is 8.77. The summed E-state index contributed by atoms with van der Waals surface area (Å²) in [6, 6.07) is -0.556. The summed E-state index contributed by atoms with van der Waals surface area (Å²) in [6.45, 7) is 3.31. The quantitative estimate of drug-likeness (QED) is 0.416. The van der Waals surface area contributed by atoms with Gasteiger partial charge in [0, 0.05) is 12.0 Å². The van der Waals surface area contributed by atoms with Crippen molar-refractivity contribution in [3.05, 3.63) is 0 Å². The van der Waals surface area contributed by atoms with Crippen molar-refractivity contribution >= 4 is 11.9 Å². The Kier molecular flexibility index (Phi) is 3.52. The third kappa shape index (κ3) is 2.32. The zero-order valence-electron chi connectivity index (χ0n) is 10.8. The number of aliphatic hydroxyl groups excluding tert-OH is 3. The maximum Gasteiger partial charge on any atom is 0.324 e. The number of hydrogen-bond donors (Lipinski definition) is 5. The van der Waals surface area contributed by atoms with Gasteiger partial charge in [0.15, 0.2) is 6.23 Å². The summed E-state index contributed by atoms with van der Waals surface area (Å²) in [4.78, 5) is 13.1. The first-order valence-electron chi connectivity index (χ1n) is 6.07. The molecule has 2 rings (SSSR count). The summed E-state index contributed by atoms with van der Waals surface area (Å²) in [5, 5.41) is 38.7.